The highest BCUT2D eigenvalue weighted by molar-refractivity contribution is 5.92. The number of carbonyl (C=O) groups excluding carboxylic acids is 1. The summed E-state index contributed by atoms with van der Waals surface area (Å²) in [5, 5.41) is 13.8. The van der Waals surface area contributed by atoms with E-state index in [1.807, 2.05) is 12.1 Å². The van der Waals surface area contributed by atoms with E-state index < -0.39 is 0 Å². The molecule has 12 heteroatoms. The molecule has 12 nitrogen and oxygen atoms in total. The first-order valence-electron chi connectivity index (χ1n) is 10.9. The van der Waals surface area contributed by atoms with E-state index in [9.17, 15) is 9.59 Å². The normalized spacial score (nSPS) is 19.9. The third-order valence-corrected chi connectivity index (χ3v) is 5.39. The minimum absolute atomic E-state index is 0.180. The fourth-order valence-corrected chi connectivity index (χ4v) is 4.05. The minimum Gasteiger partial charge on any atom is -0.483 e. The van der Waals surface area contributed by atoms with Crippen molar-refractivity contribution in [2.45, 2.75) is 19.1 Å². The number of nitrogens with zero attached hydrogens (tertiary/aromatic N) is 3. The lowest BCUT2D eigenvalue weighted by molar-refractivity contribution is -0.123. The van der Waals surface area contributed by atoms with E-state index in [1.165, 1.54) is 12.1 Å². The molecule has 0 bridgehead atoms. The van der Waals surface area contributed by atoms with Crippen molar-refractivity contribution >= 4 is 18.9 Å². The monoisotopic (exact) mass is 490 g/mol. The van der Waals surface area contributed by atoms with Gasteiger partial charge in [-0.2, -0.15) is 0 Å². The van der Waals surface area contributed by atoms with Gasteiger partial charge in [-0.05, 0) is 18.6 Å². The van der Waals surface area contributed by atoms with Crippen LogP contribution in [0.25, 0.3) is 0 Å². The molecule has 0 aliphatic carbocycles. The van der Waals surface area contributed by atoms with Crippen LogP contribution in [0.15, 0.2) is 41.5 Å². The van der Waals surface area contributed by atoms with Crippen molar-refractivity contribution in [2.24, 2.45) is 0 Å². The number of H-pyrrole nitrogens is 1. The van der Waals surface area contributed by atoms with Crippen molar-refractivity contribution in [3.63, 3.8) is 0 Å². The van der Waals surface area contributed by atoms with E-state index in [0.29, 0.717) is 44.3 Å². The molecule has 0 radical (unpaired) electrons. The first-order chi connectivity index (χ1) is 16.9. The standard InChI is InChI=1S/C21H26N4O4.2CH2O2/c1-15-11-17(26)12-18(23-15)21(27)25-7-10-29-19(14-24-5-8-28-9-6-24)20(25)16-3-2-4-22-13-16;2*2-1-3/h2-4,11-13,19-20H,5-10,14H2,1H3,(H,23,26);2*1H,(H,2,3)/t19-,20-;;/m0../s1. The number of carbonyl (C=O) groups is 3. The quantitative estimate of drug-likeness (QED) is 0.511. The molecule has 4 rings (SSSR count). The predicted molar refractivity (Wildman–Crippen MR) is 124 cm³/mol. The van der Waals surface area contributed by atoms with Gasteiger partial charge in [0.15, 0.2) is 5.43 Å². The average Bonchev–Trinajstić information content (AvgIpc) is 2.85. The second kappa shape index (κ2) is 14.6. The van der Waals surface area contributed by atoms with Crippen LogP contribution < -0.4 is 5.43 Å². The Morgan fingerprint density at radius 2 is 1.86 bits per heavy atom. The third-order valence-electron chi connectivity index (χ3n) is 5.39. The minimum atomic E-state index is -0.281. The first kappa shape index (κ1) is 27.6. The molecule has 4 heterocycles. The summed E-state index contributed by atoms with van der Waals surface area (Å²) >= 11 is 0. The van der Waals surface area contributed by atoms with E-state index in [0.717, 1.165) is 18.7 Å². The molecule has 2 atom stereocenters. The molecule has 2 aromatic rings. The van der Waals surface area contributed by atoms with Crippen LogP contribution in [0.2, 0.25) is 0 Å². The maximum Gasteiger partial charge on any atom is 0.290 e. The SMILES string of the molecule is Cc1cc(=O)cc(C(=O)N2CCO[C@@H](CN3CCOCC3)[C@@H]2c2cccnc2)[nH]1.O=CO.O=CO. The zero-order valence-corrected chi connectivity index (χ0v) is 19.4. The molecule has 0 spiro atoms. The van der Waals surface area contributed by atoms with Crippen molar-refractivity contribution < 1.29 is 34.1 Å². The lowest BCUT2D eigenvalue weighted by atomic mass is 9.98. The Bertz CT molecular complexity index is 989. The smallest absolute Gasteiger partial charge is 0.290 e. The highest BCUT2D eigenvalue weighted by Crippen LogP contribution is 2.31. The number of aromatic nitrogens is 2. The van der Waals surface area contributed by atoms with E-state index in [4.69, 9.17) is 29.3 Å². The maximum atomic E-state index is 13.4. The predicted octanol–water partition coefficient (Wildman–Crippen LogP) is 0.394. The summed E-state index contributed by atoms with van der Waals surface area (Å²) in [6.07, 6.45) is 3.31. The van der Waals surface area contributed by atoms with E-state index in [2.05, 4.69) is 14.9 Å². The average molecular weight is 491 g/mol. The maximum absolute atomic E-state index is 13.4. The van der Waals surface area contributed by atoms with Crippen LogP contribution in [0.3, 0.4) is 0 Å². The van der Waals surface area contributed by atoms with Gasteiger partial charge in [-0.1, -0.05) is 6.07 Å². The van der Waals surface area contributed by atoms with Crippen molar-refractivity contribution in [3.05, 3.63) is 63.8 Å². The first-order valence-corrected chi connectivity index (χ1v) is 10.9. The number of aromatic amines is 1. The van der Waals surface area contributed by atoms with Crippen LogP contribution in [0.1, 0.15) is 27.8 Å². The lowest BCUT2D eigenvalue weighted by Gasteiger charge is -2.43. The number of carboxylic acid groups (broad SMARTS) is 2. The molecule has 2 saturated heterocycles. The second-order valence-corrected chi connectivity index (χ2v) is 7.68. The Kier molecular flexibility index (Phi) is 11.5. The van der Waals surface area contributed by atoms with Crippen LogP contribution in [-0.2, 0) is 19.1 Å². The van der Waals surface area contributed by atoms with E-state index >= 15 is 0 Å². The second-order valence-electron chi connectivity index (χ2n) is 7.68. The molecule has 2 fully saturated rings. The fourth-order valence-electron chi connectivity index (χ4n) is 4.05. The number of pyridine rings is 2. The summed E-state index contributed by atoms with van der Waals surface area (Å²) in [5.74, 6) is -0.199. The number of morpholine rings is 2. The van der Waals surface area contributed by atoms with E-state index in [1.54, 1.807) is 24.2 Å². The fraction of sp³-hybridized carbons (Fsp3) is 0.435. The number of ether oxygens (including phenoxy) is 2. The Balaban J connectivity index is 0.000000655. The Hall–Kier alpha value is -3.61. The zero-order valence-electron chi connectivity index (χ0n) is 19.4. The number of aryl methyl sites for hydroxylation is 1. The molecular formula is C23H30N4O8. The molecule has 0 saturated carbocycles. The highest BCUT2D eigenvalue weighted by Gasteiger charge is 2.38. The summed E-state index contributed by atoms with van der Waals surface area (Å²) in [7, 11) is 0. The topological polar surface area (TPSA) is 162 Å². The van der Waals surface area contributed by atoms with Gasteiger partial charge >= 0.3 is 0 Å². The van der Waals surface area contributed by atoms with Crippen molar-refractivity contribution in [1.29, 1.82) is 0 Å². The molecule has 35 heavy (non-hydrogen) atoms. The number of nitrogens with one attached hydrogen (secondary N) is 1. The van der Waals surface area contributed by atoms with Crippen molar-refractivity contribution in [3.8, 4) is 0 Å². The van der Waals surface area contributed by atoms with Gasteiger partial charge in [0, 0.05) is 56.4 Å². The Morgan fingerprint density at radius 3 is 2.46 bits per heavy atom. The molecule has 3 N–H and O–H groups in total. The molecule has 0 unspecified atom stereocenters. The van der Waals surface area contributed by atoms with Crippen LogP contribution in [0.4, 0.5) is 0 Å². The molecule has 190 valence electrons. The highest BCUT2D eigenvalue weighted by atomic mass is 16.5. The van der Waals surface area contributed by atoms with Crippen molar-refractivity contribution in [1.82, 2.24) is 19.8 Å². The lowest BCUT2D eigenvalue weighted by Crippen LogP contribution is -2.53. The number of rotatable bonds is 4. The van der Waals surface area contributed by atoms with Gasteiger partial charge in [-0.25, -0.2) is 0 Å². The molecule has 2 aliphatic heterocycles. The largest absolute Gasteiger partial charge is 0.483 e. The van der Waals surface area contributed by atoms with Crippen LogP contribution in [0, 0.1) is 6.92 Å². The summed E-state index contributed by atoms with van der Waals surface area (Å²) in [6.45, 7) is 5.99. The Morgan fingerprint density at radius 1 is 1.17 bits per heavy atom. The van der Waals surface area contributed by atoms with Gasteiger partial charge in [0.2, 0.25) is 0 Å². The number of hydrogen-bond acceptors (Lipinski definition) is 8. The van der Waals surface area contributed by atoms with Gasteiger partial charge in [-0.15, -0.1) is 0 Å². The number of hydrogen-bond donors (Lipinski definition) is 3. The van der Waals surface area contributed by atoms with Crippen LogP contribution >= 0.6 is 0 Å². The van der Waals surface area contributed by atoms with Gasteiger partial charge in [0.25, 0.3) is 18.9 Å². The zero-order chi connectivity index (χ0) is 25.6. The van der Waals surface area contributed by atoms with Gasteiger partial charge in [0.05, 0.1) is 32.0 Å². The Labute approximate surface area is 202 Å². The molecule has 0 aromatic carbocycles. The summed E-state index contributed by atoms with van der Waals surface area (Å²) < 4.78 is 11.6. The summed E-state index contributed by atoms with van der Waals surface area (Å²) in [4.78, 5) is 53.4. The summed E-state index contributed by atoms with van der Waals surface area (Å²) in [6, 6.07) is 6.40. The molecular weight excluding hydrogens is 460 g/mol. The molecule has 2 aromatic heterocycles. The number of amides is 1. The van der Waals surface area contributed by atoms with Crippen molar-refractivity contribution in [2.75, 3.05) is 46.0 Å². The van der Waals surface area contributed by atoms with Gasteiger partial charge < -0.3 is 29.6 Å². The van der Waals surface area contributed by atoms with Crippen LogP contribution in [-0.4, -0.2) is 101 Å². The van der Waals surface area contributed by atoms with Crippen LogP contribution in [0.5, 0.6) is 0 Å². The van der Waals surface area contributed by atoms with E-state index in [-0.39, 0.29) is 36.4 Å². The van der Waals surface area contributed by atoms with Gasteiger partial charge in [-0.3, -0.25) is 29.1 Å². The van der Waals surface area contributed by atoms with Gasteiger partial charge in [0.1, 0.15) is 5.69 Å². The summed E-state index contributed by atoms with van der Waals surface area (Å²) in [5.41, 5.74) is 1.71. The third kappa shape index (κ3) is 8.28. The molecule has 2 aliphatic rings. The molecule has 1 amide bonds.